The highest BCUT2D eigenvalue weighted by atomic mass is 32.2. The van der Waals surface area contributed by atoms with Crippen LogP contribution in [-0.4, -0.2) is 58.0 Å². The summed E-state index contributed by atoms with van der Waals surface area (Å²) in [5.74, 6) is 0.773. The maximum Gasteiger partial charge on any atom is 0.257 e. The Bertz CT molecular complexity index is 597. The van der Waals surface area contributed by atoms with Crippen molar-refractivity contribution in [1.82, 2.24) is 4.90 Å². The normalized spacial score (nSPS) is 17.6. The molecule has 7 heteroatoms. The van der Waals surface area contributed by atoms with Gasteiger partial charge < -0.3 is 14.4 Å². The topological polar surface area (TPSA) is 72.9 Å². The van der Waals surface area contributed by atoms with Crippen LogP contribution in [0.15, 0.2) is 18.2 Å². The lowest BCUT2D eigenvalue weighted by Gasteiger charge is -2.27. The summed E-state index contributed by atoms with van der Waals surface area (Å²) >= 11 is 0. The average molecular weight is 299 g/mol. The molecule has 1 aliphatic rings. The molecule has 0 bridgehead atoms. The van der Waals surface area contributed by atoms with Crippen molar-refractivity contribution in [2.24, 2.45) is 0 Å². The molecule has 0 unspecified atom stereocenters. The number of ether oxygens (including phenoxy) is 2. The maximum absolute atomic E-state index is 12.5. The molecule has 110 valence electrons. The number of carbonyl (C=O) groups excluding carboxylic acids is 1. The van der Waals surface area contributed by atoms with E-state index in [0.717, 1.165) is 0 Å². The van der Waals surface area contributed by atoms with Gasteiger partial charge in [-0.05, 0) is 18.2 Å². The van der Waals surface area contributed by atoms with Crippen LogP contribution in [0.25, 0.3) is 0 Å². The highest BCUT2D eigenvalue weighted by Gasteiger charge is 2.27. The van der Waals surface area contributed by atoms with E-state index in [2.05, 4.69) is 0 Å². The fourth-order valence-corrected chi connectivity index (χ4v) is 3.27. The Balaban J connectivity index is 2.24. The van der Waals surface area contributed by atoms with Crippen molar-refractivity contribution in [2.75, 3.05) is 38.8 Å². The van der Waals surface area contributed by atoms with E-state index >= 15 is 0 Å². The zero-order chi connectivity index (χ0) is 14.8. The fourth-order valence-electron chi connectivity index (χ4n) is 2.07. The van der Waals surface area contributed by atoms with Gasteiger partial charge in [-0.1, -0.05) is 0 Å². The van der Waals surface area contributed by atoms with Gasteiger partial charge in [0, 0.05) is 13.1 Å². The van der Waals surface area contributed by atoms with E-state index in [1.807, 2.05) is 0 Å². The summed E-state index contributed by atoms with van der Waals surface area (Å²) in [6.45, 7) is 0.420. The van der Waals surface area contributed by atoms with Crippen LogP contribution in [0.2, 0.25) is 0 Å². The third-order valence-corrected chi connectivity index (χ3v) is 4.88. The molecule has 1 saturated heterocycles. The molecule has 6 nitrogen and oxygen atoms in total. The standard InChI is InChI=1S/C13H17NO5S/c1-18-10-3-4-12(19-2)11(9-10)13(15)14-5-7-20(16,17)8-6-14/h3-4,9H,5-8H2,1-2H3. The van der Waals surface area contributed by atoms with Crippen molar-refractivity contribution < 1.29 is 22.7 Å². The molecule has 1 aliphatic heterocycles. The zero-order valence-electron chi connectivity index (χ0n) is 11.5. The summed E-state index contributed by atoms with van der Waals surface area (Å²) in [7, 11) is -0.00696. The van der Waals surface area contributed by atoms with Gasteiger partial charge in [-0.25, -0.2) is 8.42 Å². The Kier molecular flexibility index (Phi) is 4.17. The molecule has 1 fully saturated rings. The summed E-state index contributed by atoms with van der Waals surface area (Å²) in [4.78, 5) is 14.0. The molecule has 0 aliphatic carbocycles. The Hall–Kier alpha value is -1.76. The first kappa shape index (κ1) is 14.6. The summed E-state index contributed by atoms with van der Waals surface area (Å²) in [6.07, 6.45) is 0. The van der Waals surface area contributed by atoms with Gasteiger partial charge in [0.1, 0.15) is 11.5 Å². The van der Waals surface area contributed by atoms with Crippen molar-refractivity contribution in [1.29, 1.82) is 0 Å². The second-order valence-electron chi connectivity index (χ2n) is 4.51. The lowest BCUT2D eigenvalue weighted by molar-refractivity contribution is 0.0766. The molecule has 0 saturated carbocycles. The first-order valence-corrected chi connectivity index (χ1v) is 8.01. The van der Waals surface area contributed by atoms with E-state index in [9.17, 15) is 13.2 Å². The highest BCUT2D eigenvalue weighted by Crippen LogP contribution is 2.25. The smallest absolute Gasteiger partial charge is 0.257 e. The van der Waals surface area contributed by atoms with Crippen LogP contribution in [0.5, 0.6) is 11.5 Å². The van der Waals surface area contributed by atoms with Crippen LogP contribution in [0.3, 0.4) is 0 Å². The van der Waals surface area contributed by atoms with Crippen molar-refractivity contribution in [3.05, 3.63) is 23.8 Å². The van der Waals surface area contributed by atoms with E-state index in [-0.39, 0.29) is 30.5 Å². The molecule has 0 atom stereocenters. The molecule has 2 rings (SSSR count). The number of nitrogens with zero attached hydrogens (tertiary/aromatic N) is 1. The van der Waals surface area contributed by atoms with Crippen molar-refractivity contribution >= 4 is 15.7 Å². The van der Waals surface area contributed by atoms with Crippen molar-refractivity contribution in [3.8, 4) is 11.5 Å². The van der Waals surface area contributed by atoms with Gasteiger partial charge in [0.05, 0.1) is 31.3 Å². The number of carbonyl (C=O) groups is 1. The zero-order valence-corrected chi connectivity index (χ0v) is 12.3. The molecule has 20 heavy (non-hydrogen) atoms. The molecule has 0 spiro atoms. The summed E-state index contributed by atoms with van der Waals surface area (Å²) in [6, 6.07) is 4.97. The van der Waals surface area contributed by atoms with Gasteiger partial charge in [0.25, 0.3) is 5.91 Å². The number of methoxy groups -OCH3 is 2. The molecule has 1 aromatic carbocycles. The second-order valence-corrected chi connectivity index (χ2v) is 6.81. The van der Waals surface area contributed by atoms with Crippen LogP contribution in [0.1, 0.15) is 10.4 Å². The highest BCUT2D eigenvalue weighted by molar-refractivity contribution is 7.91. The molecule has 0 radical (unpaired) electrons. The number of hydrogen-bond acceptors (Lipinski definition) is 5. The van der Waals surface area contributed by atoms with Crippen LogP contribution >= 0.6 is 0 Å². The minimum atomic E-state index is -3.01. The van der Waals surface area contributed by atoms with E-state index in [4.69, 9.17) is 9.47 Å². The largest absolute Gasteiger partial charge is 0.497 e. The third kappa shape index (κ3) is 3.04. The van der Waals surface area contributed by atoms with E-state index in [1.165, 1.54) is 19.1 Å². The predicted octanol–water partition coefficient (Wildman–Crippen LogP) is 0.574. The Morgan fingerprint density at radius 1 is 1.15 bits per heavy atom. The van der Waals surface area contributed by atoms with Crippen LogP contribution in [-0.2, 0) is 9.84 Å². The number of sulfone groups is 1. The lowest BCUT2D eigenvalue weighted by atomic mass is 10.1. The van der Waals surface area contributed by atoms with Crippen molar-refractivity contribution in [2.45, 2.75) is 0 Å². The van der Waals surface area contributed by atoms with Crippen LogP contribution in [0.4, 0.5) is 0 Å². The first-order chi connectivity index (χ1) is 9.46. The average Bonchev–Trinajstić information content (AvgIpc) is 2.45. The number of hydrogen-bond donors (Lipinski definition) is 0. The Labute approximate surface area is 118 Å². The Morgan fingerprint density at radius 2 is 1.80 bits per heavy atom. The molecular formula is C13H17NO5S. The molecule has 0 N–H and O–H groups in total. The number of rotatable bonds is 3. The second kappa shape index (κ2) is 5.70. The van der Waals surface area contributed by atoms with Crippen LogP contribution < -0.4 is 9.47 Å². The molecule has 0 aromatic heterocycles. The quantitative estimate of drug-likeness (QED) is 0.816. The van der Waals surface area contributed by atoms with E-state index in [0.29, 0.717) is 17.1 Å². The first-order valence-electron chi connectivity index (χ1n) is 6.18. The van der Waals surface area contributed by atoms with Gasteiger partial charge in [0.2, 0.25) is 0 Å². The SMILES string of the molecule is COc1ccc(OC)c(C(=O)N2CCS(=O)(=O)CC2)c1. The van der Waals surface area contributed by atoms with E-state index < -0.39 is 9.84 Å². The fraction of sp³-hybridized carbons (Fsp3) is 0.462. The van der Waals surface area contributed by atoms with Crippen LogP contribution in [0, 0.1) is 0 Å². The molecule has 1 amide bonds. The monoisotopic (exact) mass is 299 g/mol. The van der Waals surface area contributed by atoms with Gasteiger partial charge in [0.15, 0.2) is 9.84 Å². The van der Waals surface area contributed by atoms with Gasteiger partial charge in [-0.15, -0.1) is 0 Å². The van der Waals surface area contributed by atoms with E-state index in [1.54, 1.807) is 18.2 Å². The molecule has 1 aromatic rings. The third-order valence-electron chi connectivity index (χ3n) is 3.27. The van der Waals surface area contributed by atoms with Gasteiger partial charge in [-0.3, -0.25) is 4.79 Å². The number of amides is 1. The minimum Gasteiger partial charge on any atom is -0.497 e. The lowest BCUT2D eigenvalue weighted by Crippen LogP contribution is -2.43. The van der Waals surface area contributed by atoms with Gasteiger partial charge in [-0.2, -0.15) is 0 Å². The summed E-state index contributed by atoms with van der Waals surface area (Å²) in [5.41, 5.74) is 0.381. The molecule has 1 heterocycles. The minimum absolute atomic E-state index is 0.00498. The number of benzene rings is 1. The predicted molar refractivity (Wildman–Crippen MR) is 74.1 cm³/mol. The van der Waals surface area contributed by atoms with Gasteiger partial charge >= 0.3 is 0 Å². The summed E-state index contributed by atoms with van der Waals surface area (Å²) < 4.78 is 33.1. The summed E-state index contributed by atoms with van der Waals surface area (Å²) in [5, 5.41) is 0. The van der Waals surface area contributed by atoms with Crippen molar-refractivity contribution in [3.63, 3.8) is 0 Å². The molecular weight excluding hydrogens is 282 g/mol. The maximum atomic E-state index is 12.5. The Morgan fingerprint density at radius 3 is 2.35 bits per heavy atom.